The predicted molar refractivity (Wildman–Crippen MR) is 144 cm³/mol. The van der Waals surface area contributed by atoms with E-state index in [1.54, 1.807) is 0 Å². The molecule has 0 fully saturated rings. The molecule has 0 saturated carbocycles. The smallest absolute Gasteiger partial charge is 0.143 e. The minimum Gasteiger partial charge on any atom is -0.455 e. The highest BCUT2D eigenvalue weighted by Crippen LogP contribution is 2.36. The van der Waals surface area contributed by atoms with Crippen LogP contribution in [0.3, 0.4) is 0 Å². The van der Waals surface area contributed by atoms with Crippen molar-refractivity contribution < 1.29 is 4.42 Å². The number of benzene rings is 5. The van der Waals surface area contributed by atoms with Crippen LogP contribution in [-0.4, -0.2) is 0 Å². The minimum atomic E-state index is 0.554. The Morgan fingerprint density at radius 3 is 1.56 bits per heavy atom. The molecular weight excluding hydrogens is 412 g/mol. The Labute approximate surface area is 200 Å². The van der Waals surface area contributed by atoms with E-state index in [1.807, 2.05) is 12.1 Å². The third kappa shape index (κ3) is 3.60. The van der Waals surface area contributed by atoms with Gasteiger partial charge >= 0.3 is 0 Å². The lowest BCUT2D eigenvalue weighted by Gasteiger charge is -2.09. The summed E-state index contributed by atoms with van der Waals surface area (Å²) in [5.41, 5.74) is 10.5. The van der Waals surface area contributed by atoms with Crippen molar-refractivity contribution in [2.45, 2.75) is 19.8 Å². The predicted octanol–water partition coefficient (Wildman–Crippen LogP) is 9.71. The average molecular weight is 439 g/mol. The molecule has 0 spiro atoms. The molecule has 0 aliphatic heterocycles. The van der Waals surface area contributed by atoms with Gasteiger partial charge in [-0.1, -0.05) is 123 Å². The van der Waals surface area contributed by atoms with Crippen LogP contribution in [0.25, 0.3) is 55.3 Å². The minimum absolute atomic E-state index is 0.554. The summed E-state index contributed by atoms with van der Waals surface area (Å²) < 4.78 is 6.23. The van der Waals surface area contributed by atoms with Crippen molar-refractivity contribution in [2.24, 2.45) is 0 Å². The fourth-order valence-corrected chi connectivity index (χ4v) is 4.73. The van der Waals surface area contributed by atoms with Crippen LogP contribution in [0, 0.1) is 0 Å². The van der Waals surface area contributed by atoms with Gasteiger partial charge in [-0.25, -0.2) is 0 Å². The summed E-state index contributed by atoms with van der Waals surface area (Å²) in [5, 5.41) is 2.32. The maximum absolute atomic E-state index is 6.23. The number of furan rings is 1. The molecule has 164 valence electrons. The van der Waals surface area contributed by atoms with Crippen molar-refractivity contribution in [3.05, 3.63) is 121 Å². The van der Waals surface area contributed by atoms with Crippen molar-refractivity contribution in [1.82, 2.24) is 0 Å². The lowest BCUT2D eigenvalue weighted by atomic mass is 9.96. The van der Waals surface area contributed by atoms with Gasteiger partial charge in [0.1, 0.15) is 11.2 Å². The molecular formula is C33H26O. The molecule has 0 bridgehead atoms. The first-order valence-corrected chi connectivity index (χ1v) is 11.9. The summed E-state index contributed by atoms with van der Waals surface area (Å²) in [6.07, 6.45) is 0. The molecule has 5 aromatic carbocycles. The zero-order chi connectivity index (χ0) is 23.1. The molecule has 0 unspecified atom stereocenters. The highest BCUT2D eigenvalue weighted by Gasteiger charge is 2.12. The maximum atomic E-state index is 6.23. The van der Waals surface area contributed by atoms with E-state index in [9.17, 15) is 0 Å². The van der Waals surface area contributed by atoms with E-state index in [-0.39, 0.29) is 0 Å². The molecule has 1 heteroatoms. The number of hydrogen-bond acceptors (Lipinski definition) is 1. The van der Waals surface area contributed by atoms with Crippen LogP contribution in [0.2, 0.25) is 0 Å². The van der Waals surface area contributed by atoms with Gasteiger partial charge in [-0.3, -0.25) is 0 Å². The average Bonchev–Trinajstić information content (AvgIpc) is 3.28. The maximum Gasteiger partial charge on any atom is 0.143 e. The standard InChI is InChI=1S/C33H26O/c1-22(2)23-10-12-24(13-11-23)25-14-16-26(17-15-25)27-18-20-28(21-19-27)29-7-5-8-31-30-6-3-4-9-32(30)34-33(29)31/h3-22H,1-2H3. The summed E-state index contributed by atoms with van der Waals surface area (Å²) in [6, 6.07) is 41.1. The van der Waals surface area contributed by atoms with Crippen LogP contribution >= 0.6 is 0 Å². The van der Waals surface area contributed by atoms with Crippen molar-refractivity contribution in [2.75, 3.05) is 0 Å². The normalized spacial score (nSPS) is 11.5. The van der Waals surface area contributed by atoms with E-state index < -0.39 is 0 Å². The lowest BCUT2D eigenvalue weighted by molar-refractivity contribution is 0.670. The Balaban J connectivity index is 1.30. The molecule has 0 N–H and O–H groups in total. The topological polar surface area (TPSA) is 13.1 Å². The van der Waals surface area contributed by atoms with Gasteiger partial charge in [-0.05, 0) is 45.4 Å². The molecule has 1 nitrogen and oxygen atoms in total. The van der Waals surface area contributed by atoms with E-state index in [0.717, 1.165) is 33.1 Å². The van der Waals surface area contributed by atoms with Crippen LogP contribution in [-0.2, 0) is 0 Å². The van der Waals surface area contributed by atoms with E-state index in [4.69, 9.17) is 4.42 Å². The Bertz CT molecular complexity index is 1580. The van der Waals surface area contributed by atoms with Gasteiger partial charge in [0, 0.05) is 16.3 Å². The molecule has 0 amide bonds. The summed E-state index contributed by atoms with van der Waals surface area (Å²) in [4.78, 5) is 0. The molecule has 1 aromatic heterocycles. The molecule has 6 rings (SSSR count). The molecule has 34 heavy (non-hydrogen) atoms. The number of fused-ring (bicyclic) bond motifs is 3. The zero-order valence-corrected chi connectivity index (χ0v) is 19.5. The van der Waals surface area contributed by atoms with Crippen LogP contribution < -0.4 is 0 Å². The summed E-state index contributed by atoms with van der Waals surface area (Å²) >= 11 is 0. The number of para-hydroxylation sites is 2. The SMILES string of the molecule is CC(C)c1ccc(-c2ccc(-c3ccc(-c4cccc5c4oc4ccccc45)cc3)cc2)cc1. The lowest BCUT2D eigenvalue weighted by Crippen LogP contribution is -1.87. The van der Waals surface area contributed by atoms with E-state index in [0.29, 0.717) is 5.92 Å². The van der Waals surface area contributed by atoms with Gasteiger partial charge < -0.3 is 4.42 Å². The number of hydrogen-bond donors (Lipinski definition) is 0. The Kier molecular flexibility index (Phi) is 5.04. The van der Waals surface area contributed by atoms with Crippen molar-refractivity contribution >= 4 is 21.9 Å². The van der Waals surface area contributed by atoms with Gasteiger partial charge in [0.05, 0.1) is 0 Å². The van der Waals surface area contributed by atoms with Crippen LogP contribution in [0.15, 0.2) is 120 Å². The first kappa shape index (κ1) is 20.5. The van der Waals surface area contributed by atoms with Crippen LogP contribution in [0.4, 0.5) is 0 Å². The Hall–Kier alpha value is -4.10. The number of rotatable bonds is 4. The van der Waals surface area contributed by atoms with Gasteiger partial charge in [0.25, 0.3) is 0 Å². The van der Waals surface area contributed by atoms with Gasteiger partial charge in [0.2, 0.25) is 0 Å². The van der Waals surface area contributed by atoms with Crippen molar-refractivity contribution in [3.8, 4) is 33.4 Å². The van der Waals surface area contributed by atoms with E-state index in [1.165, 1.54) is 27.8 Å². The van der Waals surface area contributed by atoms with Gasteiger partial charge in [0.15, 0.2) is 0 Å². The fourth-order valence-electron chi connectivity index (χ4n) is 4.73. The molecule has 1 heterocycles. The highest BCUT2D eigenvalue weighted by atomic mass is 16.3. The van der Waals surface area contributed by atoms with E-state index >= 15 is 0 Å². The summed E-state index contributed by atoms with van der Waals surface area (Å²) in [5.74, 6) is 0.554. The molecule has 0 radical (unpaired) electrons. The zero-order valence-electron chi connectivity index (χ0n) is 19.5. The Morgan fingerprint density at radius 1 is 0.471 bits per heavy atom. The third-order valence-corrected chi connectivity index (χ3v) is 6.73. The first-order valence-electron chi connectivity index (χ1n) is 11.9. The fraction of sp³-hybridized carbons (Fsp3) is 0.0909. The quantitative estimate of drug-likeness (QED) is 0.267. The second-order valence-corrected chi connectivity index (χ2v) is 9.21. The molecule has 0 atom stereocenters. The van der Waals surface area contributed by atoms with Crippen LogP contribution in [0.1, 0.15) is 25.3 Å². The highest BCUT2D eigenvalue weighted by molar-refractivity contribution is 6.09. The molecule has 0 aliphatic rings. The second kappa shape index (κ2) is 8.35. The van der Waals surface area contributed by atoms with Gasteiger partial charge in [-0.15, -0.1) is 0 Å². The van der Waals surface area contributed by atoms with Crippen LogP contribution in [0.5, 0.6) is 0 Å². The second-order valence-electron chi connectivity index (χ2n) is 9.21. The van der Waals surface area contributed by atoms with Crippen molar-refractivity contribution in [3.63, 3.8) is 0 Å². The largest absolute Gasteiger partial charge is 0.455 e. The summed E-state index contributed by atoms with van der Waals surface area (Å²) in [7, 11) is 0. The molecule has 0 saturated heterocycles. The Morgan fingerprint density at radius 2 is 0.971 bits per heavy atom. The third-order valence-electron chi connectivity index (χ3n) is 6.73. The molecule has 6 aromatic rings. The monoisotopic (exact) mass is 438 g/mol. The molecule has 0 aliphatic carbocycles. The van der Waals surface area contributed by atoms with Crippen molar-refractivity contribution in [1.29, 1.82) is 0 Å². The van der Waals surface area contributed by atoms with E-state index in [2.05, 4.69) is 117 Å². The van der Waals surface area contributed by atoms with Gasteiger partial charge in [-0.2, -0.15) is 0 Å². The first-order chi connectivity index (χ1) is 16.7. The summed E-state index contributed by atoms with van der Waals surface area (Å²) in [6.45, 7) is 4.46.